The topological polar surface area (TPSA) is 41.9 Å². The Morgan fingerprint density at radius 1 is 1.38 bits per heavy atom. The highest BCUT2D eigenvalue weighted by Crippen LogP contribution is 2.22. The normalized spacial score (nSPS) is 18.5. The van der Waals surface area contributed by atoms with E-state index >= 15 is 0 Å². The Morgan fingerprint density at radius 3 is 2.48 bits per heavy atom. The van der Waals surface area contributed by atoms with E-state index in [4.69, 9.17) is 4.74 Å². The lowest BCUT2D eigenvalue weighted by Crippen LogP contribution is -2.39. The molecule has 0 aliphatic heterocycles. The summed E-state index contributed by atoms with van der Waals surface area (Å²) in [5, 5.41) is 5.87. The maximum absolute atomic E-state index is 12.3. The van der Waals surface area contributed by atoms with Crippen molar-refractivity contribution in [2.24, 2.45) is 11.0 Å². The number of hydrogen-bond donors (Lipinski definition) is 0. The fourth-order valence-corrected chi connectivity index (χ4v) is 2.47. The van der Waals surface area contributed by atoms with Crippen molar-refractivity contribution in [3.05, 3.63) is 12.7 Å². The van der Waals surface area contributed by atoms with Crippen LogP contribution in [0.1, 0.15) is 66.2 Å². The van der Waals surface area contributed by atoms with Gasteiger partial charge in [-0.1, -0.05) is 32.3 Å². The summed E-state index contributed by atoms with van der Waals surface area (Å²) in [6.07, 6.45) is 10.2. The predicted octanol–water partition coefficient (Wildman–Crippen LogP) is 4.75. The zero-order chi connectivity index (χ0) is 15.9. The summed E-state index contributed by atoms with van der Waals surface area (Å²) >= 11 is 0. The second-order valence-electron chi connectivity index (χ2n) is 6.70. The van der Waals surface area contributed by atoms with E-state index < -0.39 is 11.7 Å². The molecule has 1 amide bonds. The molecular formula is C17H30N2O2. The summed E-state index contributed by atoms with van der Waals surface area (Å²) in [5.41, 5.74) is -0.519. The van der Waals surface area contributed by atoms with Crippen LogP contribution in [0.15, 0.2) is 17.8 Å². The fraction of sp³-hybridized carbons (Fsp3) is 0.765. The first kappa shape index (κ1) is 17.7. The van der Waals surface area contributed by atoms with Gasteiger partial charge >= 0.3 is 6.09 Å². The quantitative estimate of drug-likeness (QED) is 0.417. The molecule has 4 nitrogen and oxygen atoms in total. The van der Waals surface area contributed by atoms with Crippen molar-refractivity contribution in [1.82, 2.24) is 5.01 Å². The molecule has 1 rings (SSSR count). The van der Waals surface area contributed by atoms with Gasteiger partial charge in [0.05, 0.1) is 6.04 Å². The molecule has 0 N–H and O–H groups in total. The SMILES string of the molecule is C=CC(CC)N(/N=C/C1CCCCC1)C(=O)OC(C)(C)C. The molecular weight excluding hydrogens is 264 g/mol. The molecule has 0 aromatic heterocycles. The standard InChI is InChI=1S/C17H30N2O2/c1-6-15(7-2)19(16(20)21-17(3,4)5)18-13-14-11-9-8-10-12-14/h6,13-15H,1,7-12H2,2-5H3/b18-13+. The molecule has 0 bridgehead atoms. The number of carbonyl (C=O) groups is 1. The number of nitrogens with zero attached hydrogens (tertiary/aromatic N) is 2. The minimum absolute atomic E-state index is 0.125. The van der Waals surface area contributed by atoms with Gasteiger partial charge in [-0.15, -0.1) is 6.58 Å². The molecule has 0 spiro atoms. The minimum atomic E-state index is -0.519. The van der Waals surface area contributed by atoms with Gasteiger partial charge in [-0.3, -0.25) is 0 Å². The van der Waals surface area contributed by atoms with Gasteiger partial charge in [0, 0.05) is 6.21 Å². The highest BCUT2D eigenvalue weighted by Gasteiger charge is 2.26. The molecule has 1 atom stereocenters. The third kappa shape index (κ3) is 6.32. The van der Waals surface area contributed by atoms with Gasteiger partial charge in [0.1, 0.15) is 5.60 Å². The summed E-state index contributed by atoms with van der Waals surface area (Å²) in [4.78, 5) is 12.3. The van der Waals surface area contributed by atoms with Gasteiger partial charge in [0.25, 0.3) is 0 Å². The van der Waals surface area contributed by atoms with Crippen LogP contribution in [0.2, 0.25) is 0 Å². The lowest BCUT2D eigenvalue weighted by Gasteiger charge is -2.28. The number of hydrazone groups is 1. The van der Waals surface area contributed by atoms with Crippen LogP contribution in [0.25, 0.3) is 0 Å². The molecule has 1 aliphatic rings. The molecule has 1 unspecified atom stereocenters. The van der Waals surface area contributed by atoms with Crippen molar-refractivity contribution >= 4 is 12.3 Å². The van der Waals surface area contributed by atoms with E-state index in [1.807, 2.05) is 33.9 Å². The van der Waals surface area contributed by atoms with Crippen molar-refractivity contribution < 1.29 is 9.53 Å². The van der Waals surface area contributed by atoms with Crippen molar-refractivity contribution in [3.63, 3.8) is 0 Å². The Morgan fingerprint density at radius 2 is 2.00 bits per heavy atom. The number of ether oxygens (including phenoxy) is 1. The van der Waals surface area contributed by atoms with E-state index in [0.717, 1.165) is 19.3 Å². The Hall–Kier alpha value is -1.32. The molecule has 1 aliphatic carbocycles. The second kappa shape index (κ2) is 8.20. The number of hydrogen-bond acceptors (Lipinski definition) is 3. The van der Waals surface area contributed by atoms with Crippen LogP contribution < -0.4 is 0 Å². The molecule has 120 valence electrons. The number of amides is 1. The average Bonchev–Trinajstić information content (AvgIpc) is 2.42. The van der Waals surface area contributed by atoms with Crippen LogP contribution in [0, 0.1) is 5.92 Å². The summed E-state index contributed by atoms with van der Waals surface area (Å²) in [6, 6.07) is -0.125. The third-order valence-corrected chi connectivity index (χ3v) is 3.64. The van der Waals surface area contributed by atoms with E-state index in [2.05, 4.69) is 11.7 Å². The summed E-state index contributed by atoms with van der Waals surface area (Å²) < 4.78 is 5.45. The first-order valence-corrected chi connectivity index (χ1v) is 8.06. The van der Waals surface area contributed by atoms with Crippen LogP contribution in [0.4, 0.5) is 4.79 Å². The first-order valence-electron chi connectivity index (χ1n) is 8.06. The van der Waals surface area contributed by atoms with E-state index in [9.17, 15) is 4.79 Å². The van der Waals surface area contributed by atoms with Gasteiger partial charge in [-0.2, -0.15) is 10.1 Å². The first-order chi connectivity index (χ1) is 9.87. The van der Waals surface area contributed by atoms with Gasteiger partial charge < -0.3 is 4.74 Å². The maximum Gasteiger partial charge on any atom is 0.431 e. The van der Waals surface area contributed by atoms with Crippen molar-refractivity contribution in [3.8, 4) is 0 Å². The second-order valence-corrected chi connectivity index (χ2v) is 6.70. The van der Waals surface area contributed by atoms with Crippen LogP contribution in [0.3, 0.4) is 0 Å². The van der Waals surface area contributed by atoms with Crippen LogP contribution in [0.5, 0.6) is 0 Å². The van der Waals surface area contributed by atoms with E-state index in [0.29, 0.717) is 5.92 Å². The fourth-order valence-electron chi connectivity index (χ4n) is 2.47. The zero-order valence-electron chi connectivity index (χ0n) is 14.0. The van der Waals surface area contributed by atoms with Crippen molar-refractivity contribution in [2.45, 2.75) is 77.9 Å². The highest BCUT2D eigenvalue weighted by atomic mass is 16.6. The zero-order valence-corrected chi connectivity index (χ0v) is 14.0. The van der Waals surface area contributed by atoms with Crippen LogP contribution >= 0.6 is 0 Å². The molecule has 0 saturated heterocycles. The highest BCUT2D eigenvalue weighted by molar-refractivity contribution is 5.71. The van der Waals surface area contributed by atoms with E-state index in [1.165, 1.54) is 24.3 Å². The molecule has 1 fully saturated rings. The Labute approximate surface area is 129 Å². The van der Waals surface area contributed by atoms with Gasteiger partial charge in [0.15, 0.2) is 0 Å². The van der Waals surface area contributed by atoms with Crippen LogP contribution in [-0.4, -0.2) is 29.0 Å². The minimum Gasteiger partial charge on any atom is -0.442 e. The maximum atomic E-state index is 12.3. The van der Waals surface area contributed by atoms with Crippen LogP contribution in [-0.2, 0) is 4.74 Å². The smallest absolute Gasteiger partial charge is 0.431 e. The number of carbonyl (C=O) groups excluding carboxylic acids is 1. The average molecular weight is 294 g/mol. The molecule has 0 radical (unpaired) electrons. The molecule has 0 aromatic carbocycles. The number of rotatable bonds is 5. The molecule has 21 heavy (non-hydrogen) atoms. The monoisotopic (exact) mass is 294 g/mol. The summed E-state index contributed by atoms with van der Waals surface area (Å²) in [5.74, 6) is 0.478. The predicted molar refractivity (Wildman–Crippen MR) is 87.4 cm³/mol. The third-order valence-electron chi connectivity index (χ3n) is 3.64. The molecule has 1 saturated carbocycles. The Bertz CT molecular complexity index is 365. The van der Waals surface area contributed by atoms with E-state index in [-0.39, 0.29) is 6.04 Å². The van der Waals surface area contributed by atoms with Gasteiger partial charge in [0.2, 0.25) is 0 Å². The van der Waals surface area contributed by atoms with Crippen molar-refractivity contribution in [1.29, 1.82) is 0 Å². The Balaban J connectivity index is 2.78. The summed E-state index contributed by atoms with van der Waals surface area (Å²) in [7, 11) is 0. The van der Waals surface area contributed by atoms with Crippen molar-refractivity contribution in [2.75, 3.05) is 0 Å². The van der Waals surface area contributed by atoms with Gasteiger partial charge in [-0.05, 0) is 46.0 Å². The lowest BCUT2D eigenvalue weighted by atomic mass is 9.90. The molecule has 0 heterocycles. The molecule has 0 aromatic rings. The lowest BCUT2D eigenvalue weighted by molar-refractivity contribution is 0.0201. The Kier molecular flexibility index (Phi) is 6.93. The molecule has 4 heteroatoms. The summed E-state index contributed by atoms with van der Waals surface area (Å²) in [6.45, 7) is 11.4. The van der Waals surface area contributed by atoms with Gasteiger partial charge in [-0.25, -0.2) is 4.79 Å². The van der Waals surface area contributed by atoms with E-state index in [1.54, 1.807) is 6.08 Å². The largest absolute Gasteiger partial charge is 0.442 e.